The maximum Gasteiger partial charge on any atom is 0.277 e. The molecule has 0 aliphatic carbocycles. The molecule has 1 aliphatic rings. The van der Waals surface area contributed by atoms with Crippen LogP contribution in [-0.2, 0) is 11.2 Å². The van der Waals surface area contributed by atoms with E-state index in [0.717, 1.165) is 35.7 Å². The van der Waals surface area contributed by atoms with Crippen molar-refractivity contribution in [3.8, 4) is 0 Å². The highest BCUT2D eigenvalue weighted by Gasteiger charge is 2.23. The third-order valence-electron chi connectivity index (χ3n) is 4.13. The predicted octanol–water partition coefficient (Wildman–Crippen LogP) is 2.55. The van der Waals surface area contributed by atoms with E-state index in [1.807, 2.05) is 24.3 Å². The predicted molar refractivity (Wildman–Crippen MR) is 90.9 cm³/mol. The number of carbonyl (C=O) groups is 1. The minimum absolute atomic E-state index is 0.144. The minimum atomic E-state index is -0.774. The molecule has 9 nitrogen and oxygen atoms in total. The molecule has 1 aliphatic heterocycles. The molecule has 0 radical (unpaired) electrons. The third-order valence-corrected chi connectivity index (χ3v) is 4.13. The number of nitrogens with zero attached hydrogens (tertiary/aromatic N) is 2. The van der Waals surface area contributed by atoms with Crippen LogP contribution >= 0.6 is 0 Å². The molecule has 1 atom stereocenters. The van der Waals surface area contributed by atoms with Crippen molar-refractivity contribution in [3.63, 3.8) is 0 Å². The maximum atomic E-state index is 12.3. The molecule has 0 aromatic heterocycles. The van der Waals surface area contributed by atoms with Gasteiger partial charge in [0.25, 0.3) is 17.3 Å². The van der Waals surface area contributed by atoms with Crippen LogP contribution in [0.4, 0.5) is 11.4 Å². The van der Waals surface area contributed by atoms with Crippen molar-refractivity contribution in [2.75, 3.05) is 13.2 Å². The first kappa shape index (κ1) is 17.5. The van der Waals surface area contributed by atoms with Crippen molar-refractivity contribution >= 4 is 17.3 Å². The van der Waals surface area contributed by atoms with E-state index >= 15 is 0 Å². The topological polar surface area (TPSA) is 125 Å². The second kappa shape index (κ2) is 7.28. The zero-order chi connectivity index (χ0) is 18.7. The fraction of sp³-hybridized carbons (Fsp3) is 0.235. The second-order valence-corrected chi connectivity index (χ2v) is 5.77. The van der Waals surface area contributed by atoms with Gasteiger partial charge in [0.2, 0.25) is 0 Å². The first-order chi connectivity index (χ1) is 12.5. The van der Waals surface area contributed by atoms with Crippen LogP contribution in [0.25, 0.3) is 0 Å². The molecule has 0 spiro atoms. The van der Waals surface area contributed by atoms with E-state index in [1.165, 1.54) is 0 Å². The van der Waals surface area contributed by atoms with Crippen molar-refractivity contribution in [2.45, 2.75) is 12.5 Å². The standard InChI is InChI=1S/C17H15N3O6/c21-17(12-7-13(19(22)23)9-14(8-12)20(24)25)18-10-16-15-4-2-1-3-11(15)5-6-26-16/h1-4,7-9,16H,5-6,10H2,(H,18,21)/t16-/m1/s1. The lowest BCUT2D eigenvalue weighted by Gasteiger charge is -2.26. The third kappa shape index (κ3) is 3.67. The number of ether oxygens (including phenoxy) is 1. The van der Waals surface area contributed by atoms with Gasteiger partial charge in [0.15, 0.2) is 0 Å². The van der Waals surface area contributed by atoms with Gasteiger partial charge in [-0.2, -0.15) is 0 Å². The Morgan fingerprint density at radius 1 is 1.12 bits per heavy atom. The molecular weight excluding hydrogens is 342 g/mol. The molecule has 1 amide bonds. The highest BCUT2D eigenvalue weighted by molar-refractivity contribution is 5.95. The van der Waals surface area contributed by atoms with Gasteiger partial charge in [-0.05, 0) is 17.5 Å². The molecule has 1 heterocycles. The van der Waals surface area contributed by atoms with Crippen LogP contribution in [0.2, 0.25) is 0 Å². The summed E-state index contributed by atoms with van der Waals surface area (Å²) in [5.41, 5.74) is 0.954. The molecule has 2 aromatic carbocycles. The first-order valence-electron chi connectivity index (χ1n) is 7.87. The van der Waals surface area contributed by atoms with Crippen LogP contribution in [-0.4, -0.2) is 28.9 Å². The lowest BCUT2D eigenvalue weighted by Crippen LogP contribution is -2.31. The number of carbonyl (C=O) groups excluding carboxylic acids is 1. The van der Waals surface area contributed by atoms with Crippen molar-refractivity contribution in [1.82, 2.24) is 5.32 Å². The van der Waals surface area contributed by atoms with Gasteiger partial charge in [-0.15, -0.1) is 0 Å². The molecule has 1 N–H and O–H groups in total. The van der Waals surface area contributed by atoms with Crippen LogP contribution in [0, 0.1) is 20.2 Å². The molecule has 0 unspecified atom stereocenters. The van der Waals surface area contributed by atoms with Crippen LogP contribution in [0.15, 0.2) is 42.5 Å². The molecule has 134 valence electrons. The lowest BCUT2D eigenvalue weighted by atomic mass is 9.97. The number of benzene rings is 2. The average Bonchev–Trinajstić information content (AvgIpc) is 2.65. The summed E-state index contributed by atoms with van der Waals surface area (Å²) < 4.78 is 5.68. The zero-order valence-electron chi connectivity index (χ0n) is 13.6. The van der Waals surface area contributed by atoms with E-state index in [4.69, 9.17) is 4.74 Å². The SMILES string of the molecule is O=C(NC[C@H]1OCCc2ccccc21)c1cc([N+](=O)[O-])cc([N+](=O)[O-])c1. The van der Waals surface area contributed by atoms with Crippen molar-refractivity contribution in [1.29, 1.82) is 0 Å². The van der Waals surface area contributed by atoms with Gasteiger partial charge in [0.05, 0.1) is 28.1 Å². The summed E-state index contributed by atoms with van der Waals surface area (Å²) in [6.07, 6.45) is 0.454. The quantitative estimate of drug-likeness (QED) is 0.647. The van der Waals surface area contributed by atoms with Gasteiger partial charge >= 0.3 is 0 Å². The lowest BCUT2D eigenvalue weighted by molar-refractivity contribution is -0.394. The molecule has 26 heavy (non-hydrogen) atoms. The molecule has 0 bridgehead atoms. The fourth-order valence-corrected chi connectivity index (χ4v) is 2.87. The largest absolute Gasteiger partial charge is 0.371 e. The van der Waals surface area contributed by atoms with Gasteiger partial charge in [-0.1, -0.05) is 24.3 Å². The van der Waals surface area contributed by atoms with Gasteiger partial charge in [-0.25, -0.2) is 0 Å². The van der Waals surface area contributed by atoms with Gasteiger partial charge in [0, 0.05) is 18.7 Å². The van der Waals surface area contributed by atoms with Crippen molar-refractivity contribution in [2.24, 2.45) is 0 Å². The van der Waals surface area contributed by atoms with Gasteiger partial charge in [-0.3, -0.25) is 25.0 Å². The highest BCUT2D eigenvalue weighted by atomic mass is 16.6. The van der Waals surface area contributed by atoms with E-state index < -0.39 is 27.1 Å². The highest BCUT2D eigenvalue weighted by Crippen LogP contribution is 2.27. The van der Waals surface area contributed by atoms with Crippen LogP contribution in [0.1, 0.15) is 27.6 Å². The Balaban J connectivity index is 1.77. The molecule has 2 aromatic rings. The Morgan fingerprint density at radius 2 is 1.77 bits per heavy atom. The number of nitrogens with one attached hydrogen (secondary N) is 1. The first-order valence-corrected chi connectivity index (χ1v) is 7.87. The van der Waals surface area contributed by atoms with Crippen LogP contribution < -0.4 is 5.32 Å². The summed E-state index contributed by atoms with van der Waals surface area (Å²) in [6, 6.07) is 10.6. The average molecular weight is 357 g/mol. The summed E-state index contributed by atoms with van der Waals surface area (Å²) in [6.45, 7) is 0.687. The number of rotatable bonds is 5. The molecular formula is C17H15N3O6. The zero-order valence-corrected chi connectivity index (χ0v) is 13.6. The minimum Gasteiger partial charge on any atom is -0.371 e. The van der Waals surface area contributed by atoms with E-state index in [1.54, 1.807) is 0 Å². The number of hydrogen-bond acceptors (Lipinski definition) is 6. The number of nitro benzene ring substituents is 2. The van der Waals surface area contributed by atoms with Crippen molar-refractivity contribution < 1.29 is 19.4 Å². The second-order valence-electron chi connectivity index (χ2n) is 5.77. The number of fused-ring (bicyclic) bond motifs is 1. The molecule has 3 rings (SSSR count). The maximum absolute atomic E-state index is 12.3. The molecule has 0 saturated carbocycles. The van der Waals surface area contributed by atoms with Crippen molar-refractivity contribution in [3.05, 3.63) is 79.4 Å². The Morgan fingerprint density at radius 3 is 2.42 bits per heavy atom. The summed E-state index contributed by atoms with van der Waals surface area (Å²) in [5, 5.41) is 24.5. The molecule has 0 fully saturated rings. The Hall–Kier alpha value is -3.33. The monoisotopic (exact) mass is 357 g/mol. The van der Waals surface area contributed by atoms with E-state index in [0.29, 0.717) is 6.61 Å². The Bertz CT molecular complexity index is 850. The number of nitro groups is 2. The summed E-state index contributed by atoms with van der Waals surface area (Å²) in [7, 11) is 0. The summed E-state index contributed by atoms with van der Waals surface area (Å²) in [4.78, 5) is 32.6. The molecule has 9 heteroatoms. The van der Waals surface area contributed by atoms with Crippen LogP contribution in [0.3, 0.4) is 0 Å². The summed E-state index contributed by atoms with van der Waals surface area (Å²) >= 11 is 0. The number of amides is 1. The molecule has 0 saturated heterocycles. The van der Waals surface area contributed by atoms with Gasteiger partial charge in [0.1, 0.15) is 6.10 Å². The van der Waals surface area contributed by atoms with E-state index in [2.05, 4.69) is 5.32 Å². The van der Waals surface area contributed by atoms with Crippen LogP contribution in [0.5, 0.6) is 0 Å². The van der Waals surface area contributed by atoms with E-state index in [-0.39, 0.29) is 18.2 Å². The Labute approximate surface area is 147 Å². The fourth-order valence-electron chi connectivity index (χ4n) is 2.87. The Kier molecular flexibility index (Phi) is 4.90. The summed E-state index contributed by atoms with van der Waals surface area (Å²) in [5.74, 6) is -0.636. The normalized spacial score (nSPS) is 15.8. The number of hydrogen-bond donors (Lipinski definition) is 1. The smallest absolute Gasteiger partial charge is 0.277 e. The van der Waals surface area contributed by atoms with Gasteiger partial charge < -0.3 is 10.1 Å². The van der Waals surface area contributed by atoms with E-state index in [9.17, 15) is 25.0 Å². The number of non-ortho nitro benzene ring substituents is 2.